The number of thioether (sulfide) groups is 1. The Hall–Kier alpha value is -0.0400. The van der Waals surface area contributed by atoms with Crippen LogP contribution in [0.2, 0.25) is 0 Å². The first-order valence-electron chi connectivity index (χ1n) is 6.24. The molecule has 0 bridgehead atoms. The van der Waals surface area contributed by atoms with Crippen molar-refractivity contribution in [2.75, 3.05) is 11.9 Å². The lowest BCUT2D eigenvalue weighted by Gasteiger charge is -2.17. The number of nitrogens with zero attached hydrogens (tertiary/aromatic N) is 2. The second kappa shape index (κ2) is 6.93. The smallest absolute Gasteiger partial charge is 0.143 e. The molecule has 0 unspecified atom stereocenters. The highest BCUT2D eigenvalue weighted by atomic mass is 127. The highest BCUT2D eigenvalue weighted by Crippen LogP contribution is 2.27. The summed E-state index contributed by atoms with van der Waals surface area (Å²) in [5.41, 5.74) is 1.06. The molecule has 0 fully saturated rings. The van der Waals surface area contributed by atoms with Gasteiger partial charge in [-0.2, -0.15) is 0 Å². The van der Waals surface area contributed by atoms with Gasteiger partial charge >= 0.3 is 0 Å². The van der Waals surface area contributed by atoms with Gasteiger partial charge in [0.25, 0.3) is 0 Å². The summed E-state index contributed by atoms with van der Waals surface area (Å²) in [6.07, 6.45) is 1.10. The van der Waals surface area contributed by atoms with Crippen molar-refractivity contribution < 1.29 is 0 Å². The van der Waals surface area contributed by atoms with E-state index in [1.165, 1.54) is 0 Å². The third-order valence-corrected chi connectivity index (χ3v) is 4.80. The van der Waals surface area contributed by atoms with E-state index in [2.05, 4.69) is 65.6 Å². The summed E-state index contributed by atoms with van der Waals surface area (Å²) < 4.78 is 1.38. The van der Waals surface area contributed by atoms with Gasteiger partial charge < -0.3 is 5.32 Å². The van der Waals surface area contributed by atoms with E-state index in [9.17, 15) is 0 Å². The summed E-state index contributed by atoms with van der Waals surface area (Å²) in [4.78, 5) is 9.19. The molecule has 0 aliphatic rings. The fourth-order valence-electron chi connectivity index (χ4n) is 1.32. The van der Waals surface area contributed by atoms with E-state index in [4.69, 9.17) is 0 Å². The zero-order valence-corrected chi connectivity index (χ0v) is 14.8. The van der Waals surface area contributed by atoms with E-state index < -0.39 is 0 Å². The number of halogens is 1. The van der Waals surface area contributed by atoms with Crippen molar-refractivity contribution in [3.05, 3.63) is 15.1 Å². The molecule has 1 N–H and O–H groups in total. The average molecular weight is 379 g/mol. The molecule has 102 valence electrons. The van der Waals surface area contributed by atoms with Crippen LogP contribution >= 0.6 is 34.4 Å². The molecule has 0 aromatic carbocycles. The maximum absolute atomic E-state index is 4.62. The van der Waals surface area contributed by atoms with E-state index in [1.807, 2.05) is 18.7 Å². The molecule has 3 nitrogen and oxygen atoms in total. The maximum atomic E-state index is 4.62. The summed E-state index contributed by atoms with van der Waals surface area (Å²) in [6.45, 7) is 11.8. The van der Waals surface area contributed by atoms with E-state index in [1.54, 1.807) is 0 Å². The van der Waals surface area contributed by atoms with E-state index in [0.717, 1.165) is 39.6 Å². The summed E-state index contributed by atoms with van der Waals surface area (Å²) in [5, 5.41) is 3.37. The Bertz CT molecular complexity index is 402. The molecule has 0 aliphatic heterocycles. The van der Waals surface area contributed by atoms with Crippen molar-refractivity contribution in [3.63, 3.8) is 0 Å². The number of hydrogen-bond acceptors (Lipinski definition) is 4. The highest BCUT2D eigenvalue weighted by Gasteiger charge is 2.14. The molecule has 18 heavy (non-hydrogen) atoms. The van der Waals surface area contributed by atoms with Gasteiger partial charge in [-0.25, -0.2) is 9.97 Å². The quantitative estimate of drug-likeness (QED) is 0.777. The van der Waals surface area contributed by atoms with E-state index in [0.29, 0.717) is 0 Å². The summed E-state index contributed by atoms with van der Waals surface area (Å²) in [5.74, 6) is 2.77. The van der Waals surface area contributed by atoms with Crippen LogP contribution in [-0.2, 0) is 5.75 Å². The topological polar surface area (TPSA) is 37.8 Å². The van der Waals surface area contributed by atoms with E-state index in [-0.39, 0.29) is 4.75 Å². The van der Waals surface area contributed by atoms with Crippen LogP contribution in [0.3, 0.4) is 0 Å². The van der Waals surface area contributed by atoms with Gasteiger partial charge in [0.15, 0.2) is 0 Å². The monoisotopic (exact) mass is 379 g/mol. The third kappa shape index (κ3) is 5.30. The van der Waals surface area contributed by atoms with E-state index >= 15 is 0 Å². The molecular weight excluding hydrogens is 357 g/mol. The number of rotatable bonds is 5. The molecule has 1 rings (SSSR count). The van der Waals surface area contributed by atoms with Gasteiger partial charge in [0.1, 0.15) is 11.6 Å². The number of aryl methyl sites for hydroxylation is 1. The average Bonchev–Trinajstić information content (AvgIpc) is 2.28. The lowest BCUT2D eigenvalue weighted by Crippen LogP contribution is -2.11. The highest BCUT2D eigenvalue weighted by molar-refractivity contribution is 14.1. The molecule has 5 heteroatoms. The molecule has 1 aromatic rings. The van der Waals surface area contributed by atoms with Crippen LogP contribution in [0.25, 0.3) is 0 Å². The standard InChI is InChI=1S/C13H22IN3S/c1-6-7-15-12-11(14)9(2)16-10(17-12)8-18-13(3,4)5/h6-8H2,1-5H3,(H,15,16,17). The summed E-state index contributed by atoms with van der Waals surface area (Å²) in [6, 6.07) is 0. The van der Waals surface area contributed by atoms with Gasteiger partial charge in [0, 0.05) is 11.3 Å². The van der Waals surface area contributed by atoms with Crippen molar-refractivity contribution in [1.29, 1.82) is 0 Å². The maximum Gasteiger partial charge on any atom is 0.143 e. The van der Waals surface area contributed by atoms with Crippen LogP contribution in [-0.4, -0.2) is 21.3 Å². The number of aromatic nitrogens is 2. The Kier molecular flexibility index (Phi) is 6.17. The molecular formula is C13H22IN3S. The second-order valence-electron chi connectivity index (χ2n) is 5.22. The summed E-state index contributed by atoms with van der Waals surface area (Å²) >= 11 is 4.19. The molecule has 0 aliphatic carbocycles. The first kappa shape index (κ1) is 16.0. The number of hydrogen-bond donors (Lipinski definition) is 1. The first-order valence-corrected chi connectivity index (χ1v) is 8.30. The van der Waals surface area contributed by atoms with Gasteiger partial charge in [-0.15, -0.1) is 11.8 Å². The minimum absolute atomic E-state index is 0.247. The van der Waals surface area contributed by atoms with Crippen LogP contribution < -0.4 is 5.32 Å². The molecule has 1 aromatic heterocycles. The van der Waals surface area contributed by atoms with Crippen molar-refractivity contribution in [3.8, 4) is 0 Å². The number of anilines is 1. The molecule has 0 saturated heterocycles. The largest absolute Gasteiger partial charge is 0.369 e. The fourth-order valence-corrected chi connectivity index (χ4v) is 2.45. The Morgan fingerprint density at radius 3 is 2.50 bits per heavy atom. The van der Waals surface area contributed by atoms with Crippen LogP contribution in [0.4, 0.5) is 5.82 Å². The van der Waals surface area contributed by atoms with Crippen LogP contribution in [0.15, 0.2) is 0 Å². The summed E-state index contributed by atoms with van der Waals surface area (Å²) in [7, 11) is 0. The van der Waals surface area contributed by atoms with Crippen molar-refractivity contribution in [2.24, 2.45) is 0 Å². The number of nitrogens with one attached hydrogen (secondary N) is 1. The van der Waals surface area contributed by atoms with Crippen molar-refractivity contribution in [2.45, 2.75) is 51.5 Å². The predicted molar refractivity (Wildman–Crippen MR) is 89.3 cm³/mol. The normalized spacial score (nSPS) is 11.7. The Balaban J connectivity index is 2.83. The Morgan fingerprint density at radius 2 is 1.94 bits per heavy atom. The minimum atomic E-state index is 0.247. The van der Waals surface area contributed by atoms with Crippen LogP contribution in [0.1, 0.15) is 45.6 Å². The third-order valence-electron chi connectivity index (χ3n) is 2.24. The lowest BCUT2D eigenvalue weighted by atomic mass is 10.3. The van der Waals surface area contributed by atoms with Crippen LogP contribution in [0, 0.1) is 10.5 Å². The minimum Gasteiger partial charge on any atom is -0.369 e. The Morgan fingerprint density at radius 1 is 1.28 bits per heavy atom. The second-order valence-corrected chi connectivity index (χ2v) is 8.10. The molecule has 0 amide bonds. The van der Waals surface area contributed by atoms with Crippen molar-refractivity contribution in [1.82, 2.24) is 9.97 Å². The van der Waals surface area contributed by atoms with Gasteiger partial charge in [0.2, 0.25) is 0 Å². The van der Waals surface area contributed by atoms with Crippen LogP contribution in [0.5, 0.6) is 0 Å². The molecule has 1 heterocycles. The van der Waals surface area contributed by atoms with Gasteiger partial charge in [-0.1, -0.05) is 27.7 Å². The fraction of sp³-hybridized carbons (Fsp3) is 0.692. The van der Waals surface area contributed by atoms with Gasteiger partial charge in [-0.05, 0) is 35.9 Å². The van der Waals surface area contributed by atoms with Crippen molar-refractivity contribution >= 4 is 40.2 Å². The lowest BCUT2D eigenvalue weighted by molar-refractivity contribution is 0.799. The molecule has 0 atom stereocenters. The molecule has 0 saturated carbocycles. The zero-order valence-electron chi connectivity index (χ0n) is 11.8. The van der Waals surface area contributed by atoms with Gasteiger partial charge in [0.05, 0.1) is 15.0 Å². The van der Waals surface area contributed by atoms with Gasteiger partial charge in [-0.3, -0.25) is 0 Å². The first-order chi connectivity index (χ1) is 8.33. The SMILES string of the molecule is CCCNc1nc(CSC(C)(C)C)nc(C)c1I. The predicted octanol–water partition coefficient (Wildman–Crippen LogP) is 4.24. The zero-order chi connectivity index (χ0) is 13.8. The molecule has 0 spiro atoms. The Labute approximate surface area is 128 Å². The molecule has 0 radical (unpaired) electrons.